The summed E-state index contributed by atoms with van der Waals surface area (Å²) < 4.78 is 10.4. The van der Waals surface area contributed by atoms with E-state index in [-0.39, 0.29) is 12.5 Å². The van der Waals surface area contributed by atoms with Crippen LogP contribution < -0.4 is 25.2 Å². The van der Waals surface area contributed by atoms with Crippen LogP contribution >= 0.6 is 0 Å². The van der Waals surface area contributed by atoms with Gasteiger partial charge >= 0.3 is 0 Å². The van der Waals surface area contributed by atoms with E-state index in [1.54, 1.807) is 38.5 Å². The van der Waals surface area contributed by atoms with Crippen LogP contribution in [0.15, 0.2) is 48.5 Å². The van der Waals surface area contributed by atoms with E-state index in [0.717, 1.165) is 30.6 Å². The van der Waals surface area contributed by atoms with Crippen molar-refractivity contribution >= 4 is 23.6 Å². The zero-order valence-corrected chi connectivity index (χ0v) is 16.6. The zero-order chi connectivity index (χ0) is 20.6. The molecule has 0 radical (unpaired) electrons. The number of rotatable bonds is 6. The Morgan fingerprint density at radius 3 is 2.52 bits per heavy atom. The fourth-order valence-corrected chi connectivity index (χ4v) is 3.26. The number of methoxy groups -OCH3 is 2. The third-order valence-electron chi connectivity index (χ3n) is 4.67. The van der Waals surface area contributed by atoms with Crippen molar-refractivity contribution in [1.29, 1.82) is 0 Å². The van der Waals surface area contributed by atoms with Gasteiger partial charge in [-0.3, -0.25) is 20.4 Å². The van der Waals surface area contributed by atoms with Gasteiger partial charge in [0.15, 0.2) is 0 Å². The number of carbonyl (C=O) groups is 2. The van der Waals surface area contributed by atoms with Crippen LogP contribution in [0.3, 0.4) is 0 Å². The lowest BCUT2D eigenvalue weighted by Gasteiger charge is -2.30. The smallest absolute Gasteiger partial charge is 0.262 e. The molecule has 7 nitrogen and oxygen atoms in total. The molecule has 0 bridgehead atoms. The van der Waals surface area contributed by atoms with E-state index in [1.807, 2.05) is 23.1 Å². The van der Waals surface area contributed by atoms with E-state index in [4.69, 9.17) is 9.47 Å². The molecule has 0 saturated heterocycles. The van der Waals surface area contributed by atoms with Crippen LogP contribution in [0.5, 0.6) is 11.5 Å². The number of amides is 2. The Labute approximate surface area is 170 Å². The number of aryl methyl sites for hydroxylation is 1. The number of anilines is 1. The number of hydrogen-bond donors (Lipinski definition) is 2. The predicted molar refractivity (Wildman–Crippen MR) is 112 cm³/mol. The molecule has 0 aromatic heterocycles. The van der Waals surface area contributed by atoms with Gasteiger partial charge in [0.2, 0.25) is 0 Å². The molecule has 1 aliphatic heterocycles. The van der Waals surface area contributed by atoms with Crippen LogP contribution in [0.4, 0.5) is 5.69 Å². The van der Waals surface area contributed by atoms with E-state index in [9.17, 15) is 9.59 Å². The molecular formula is C22H25N3O4. The maximum absolute atomic E-state index is 12.2. The minimum absolute atomic E-state index is 0.189. The Bertz CT molecular complexity index is 888. The number of nitrogens with zero attached hydrogens (tertiary/aromatic N) is 1. The average Bonchev–Trinajstić information content (AvgIpc) is 2.76. The summed E-state index contributed by atoms with van der Waals surface area (Å²) >= 11 is 0. The highest BCUT2D eigenvalue weighted by Crippen LogP contribution is 2.26. The van der Waals surface area contributed by atoms with Gasteiger partial charge in [-0.15, -0.1) is 0 Å². The second-order valence-electron chi connectivity index (χ2n) is 6.67. The average molecular weight is 395 g/mol. The molecule has 1 heterocycles. The standard InChI is InChI=1S/C22H25N3O4/c1-28-18-12-16(13-19(14-18)29-2)9-10-21(26)23-24-22(27)15-25-11-5-7-17-6-3-4-8-20(17)25/h3-4,6,8-10,12-14H,5,7,11,15H2,1-2H3,(H,23,26)(H,24,27)/b10-9+. The highest BCUT2D eigenvalue weighted by molar-refractivity contribution is 5.93. The highest BCUT2D eigenvalue weighted by Gasteiger charge is 2.18. The van der Waals surface area contributed by atoms with Crippen molar-refractivity contribution in [2.75, 3.05) is 32.2 Å². The summed E-state index contributed by atoms with van der Waals surface area (Å²) in [4.78, 5) is 26.3. The summed E-state index contributed by atoms with van der Waals surface area (Å²) in [5.41, 5.74) is 7.93. The number of hydrazine groups is 1. The van der Waals surface area contributed by atoms with Crippen molar-refractivity contribution in [3.63, 3.8) is 0 Å². The van der Waals surface area contributed by atoms with Crippen molar-refractivity contribution < 1.29 is 19.1 Å². The summed E-state index contributed by atoms with van der Waals surface area (Å²) in [7, 11) is 3.12. The molecule has 152 valence electrons. The minimum atomic E-state index is -0.431. The molecule has 2 aromatic rings. The lowest BCUT2D eigenvalue weighted by Crippen LogP contribution is -2.47. The van der Waals surface area contributed by atoms with Crippen molar-refractivity contribution in [2.45, 2.75) is 12.8 Å². The second-order valence-corrected chi connectivity index (χ2v) is 6.67. The first-order chi connectivity index (χ1) is 14.1. The van der Waals surface area contributed by atoms with Crippen LogP contribution in [-0.4, -0.2) is 39.1 Å². The lowest BCUT2D eigenvalue weighted by atomic mass is 10.0. The van der Waals surface area contributed by atoms with Crippen LogP contribution in [-0.2, 0) is 16.0 Å². The van der Waals surface area contributed by atoms with Crippen LogP contribution in [0.2, 0.25) is 0 Å². The fourth-order valence-electron chi connectivity index (χ4n) is 3.26. The first-order valence-electron chi connectivity index (χ1n) is 9.42. The molecule has 7 heteroatoms. The maximum atomic E-state index is 12.2. The van der Waals surface area contributed by atoms with E-state index in [1.165, 1.54) is 11.6 Å². The molecule has 0 atom stereocenters. The lowest BCUT2D eigenvalue weighted by molar-refractivity contribution is -0.125. The number of carbonyl (C=O) groups excluding carboxylic acids is 2. The maximum Gasteiger partial charge on any atom is 0.262 e. The monoisotopic (exact) mass is 395 g/mol. The van der Waals surface area contributed by atoms with Gasteiger partial charge in [0.25, 0.3) is 11.8 Å². The number of hydrogen-bond acceptors (Lipinski definition) is 5. The number of para-hydroxylation sites is 1. The van der Waals surface area contributed by atoms with Crippen LogP contribution in [0, 0.1) is 0 Å². The number of nitrogens with one attached hydrogen (secondary N) is 2. The van der Waals surface area contributed by atoms with E-state index < -0.39 is 5.91 Å². The predicted octanol–water partition coefficient (Wildman–Crippen LogP) is 2.32. The third kappa shape index (κ3) is 5.51. The van der Waals surface area contributed by atoms with Crippen LogP contribution in [0.1, 0.15) is 17.5 Å². The molecule has 0 fully saturated rings. The van der Waals surface area contributed by atoms with Gasteiger partial charge in [-0.25, -0.2) is 0 Å². The number of ether oxygens (including phenoxy) is 2. The van der Waals surface area contributed by atoms with E-state index in [0.29, 0.717) is 11.5 Å². The van der Waals surface area contributed by atoms with Crippen molar-refractivity contribution in [2.24, 2.45) is 0 Å². The molecule has 0 saturated carbocycles. The van der Waals surface area contributed by atoms with E-state index in [2.05, 4.69) is 16.9 Å². The summed E-state index contributed by atoms with van der Waals surface area (Å²) in [6.07, 6.45) is 4.98. The highest BCUT2D eigenvalue weighted by atomic mass is 16.5. The second kappa shape index (κ2) is 9.64. The summed E-state index contributed by atoms with van der Waals surface area (Å²) in [5.74, 6) is 0.546. The quantitative estimate of drug-likeness (QED) is 0.580. The fraction of sp³-hybridized carbons (Fsp3) is 0.273. The zero-order valence-electron chi connectivity index (χ0n) is 16.6. The molecule has 0 aliphatic carbocycles. The van der Waals surface area contributed by atoms with Crippen molar-refractivity contribution in [1.82, 2.24) is 10.9 Å². The van der Waals surface area contributed by atoms with Gasteiger partial charge in [-0.2, -0.15) is 0 Å². The van der Waals surface area contributed by atoms with Gasteiger partial charge in [0, 0.05) is 24.4 Å². The first-order valence-corrected chi connectivity index (χ1v) is 9.42. The van der Waals surface area contributed by atoms with Crippen molar-refractivity contribution in [3.05, 3.63) is 59.7 Å². The van der Waals surface area contributed by atoms with Gasteiger partial charge < -0.3 is 14.4 Å². The largest absolute Gasteiger partial charge is 0.497 e. The molecular weight excluding hydrogens is 370 g/mol. The summed E-state index contributed by atoms with van der Waals surface area (Å²) in [6.45, 7) is 1.00. The molecule has 3 rings (SSSR count). The topological polar surface area (TPSA) is 79.9 Å². The molecule has 2 aromatic carbocycles. The normalized spacial score (nSPS) is 13.0. The Hall–Kier alpha value is -3.48. The summed E-state index contributed by atoms with van der Waals surface area (Å²) in [5, 5.41) is 0. The van der Waals surface area contributed by atoms with Gasteiger partial charge in [0.1, 0.15) is 11.5 Å². The Balaban J connectivity index is 1.52. The minimum Gasteiger partial charge on any atom is -0.497 e. The van der Waals surface area contributed by atoms with Gasteiger partial charge in [-0.05, 0) is 48.2 Å². The molecule has 29 heavy (non-hydrogen) atoms. The molecule has 1 aliphatic rings. The van der Waals surface area contributed by atoms with Crippen molar-refractivity contribution in [3.8, 4) is 11.5 Å². The molecule has 0 unspecified atom stereocenters. The number of fused-ring (bicyclic) bond motifs is 1. The number of benzene rings is 2. The molecule has 0 spiro atoms. The SMILES string of the molecule is COc1cc(/C=C/C(=O)NNC(=O)CN2CCCc3ccccc32)cc(OC)c1. The molecule has 2 N–H and O–H groups in total. The summed E-state index contributed by atoms with van der Waals surface area (Å²) in [6, 6.07) is 13.4. The van der Waals surface area contributed by atoms with Crippen LogP contribution in [0.25, 0.3) is 6.08 Å². The Kier molecular flexibility index (Phi) is 6.73. The first kappa shape index (κ1) is 20.3. The Morgan fingerprint density at radius 1 is 1.07 bits per heavy atom. The van der Waals surface area contributed by atoms with Gasteiger partial charge in [-0.1, -0.05) is 18.2 Å². The van der Waals surface area contributed by atoms with Gasteiger partial charge in [0.05, 0.1) is 20.8 Å². The third-order valence-corrected chi connectivity index (χ3v) is 4.67. The van der Waals surface area contributed by atoms with E-state index >= 15 is 0 Å². The Morgan fingerprint density at radius 2 is 1.79 bits per heavy atom. The molecule has 2 amide bonds.